The van der Waals surface area contributed by atoms with Crippen molar-refractivity contribution in [3.8, 4) is 17.5 Å². The number of benzene rings is 2. The van der Waals surface area contributed by atoms with Crippen molar-refractivity contribution < 1.29 is 4.74 Å². The lowest BCUT2D eigenvalue weighted by Gasteiger charge is -2.11. The van der Waals surface area contributed by atoms with E-state index in [4.69, 9.17) is 33.8 Å². The van der Waals surface area contributed by atoms with Crippen LogP contribution in [0.15, 0.2) is 36.4 Å². The summed E-state index contributed by atoms with van der Waals surface area (Å²) in [5.74, 6) is 0.652. The van der Waals surface area contributed by atoms with Crippen LogP contribution in [0, 0.1) is 16.1 Å². The Morgan fingerprint density at radius 3 is 2.81 bits per heavy atom. The zero-order valence-corrected chi connectivity index (χ0v) is 12.6. The number of hydrogen-bond donors (Lipinski definition) is 1. The van der Waals surface area contributed by atoms with Gasteiger partial charge in [0.05, 0.1) is 35.5 Å². The summed E-state index contributed by atoms with van der Waals surface area (Å²) >= 11 is 11.5. The number of halogens is 1. The number of aromatic amines is 1. The number of nitrogens with one attached hydrogen (secondary N) is 1. The highest BCUT2D eigenvalue weighted by atomic mass is 35.5. The van der Waals surface area contributed by atoms with Gasteiger partial charge >= 0.3 is 0 Å². The Hall–Kier alpha value is -2.29. The molecule has 0 saturated heterocycles. The first-order chi connectivity index (χ1) is 10.1. The molecule has 3 aromatic rings. The van der Waals surface area contributed by atoms with Crippen molar-refractivity contribution in [2.24, 2.45) is 0 Å². The van der Waals surface area contributed by atoms with Gasteiger partial charge in [0.1, 0.15) is 5.75 Å². The minimum absolute atomic E-state index is 0.514. The molecule has 0 fully saturated rings. The molecule has 21 heavy (non-hydrogen) atoms. The van der Waals surface area contributed by atoms with E-state index in [-0.39, 0.29) is 0 Å². The Labute approximate surface area is 131 Å². The van der Waals surface area contributed by atoms with E-state index in [1.54, 1.807) is 37.4 Å². The third kappa shape index (κ3) is 2.29. The van der Waals surface area contributed by atoms with E-state index in [0.29, 0.717) is 21.1 Å². The Kier molecular flexibility index (Phi) is 3.42. The molecule has 0 unspecified atom stereocenters. The predicted octanol–water partition coefficient (Wildman–Crippen LogP) is 4.22. The summed E-state index contributed by atoms with van der Waals surface area (Å²) in [4.78, 5) is 3.12. The van der Waals surface area contributed by atoms with Crippen LogP contribution in [0.3, 0.4) is 0 Å². The number of rotatable bonds is 2. The second kappa shape index (κ2) is 5.24. The van der Waals surface area contributed by atoms with Crippen molar-refractivity contribution in [1.29, 1.82) is 5.26 Å². The largest absolute Gasteiger partial charge is 0.495 e. The first-order valence-corrected chi connectivity index (χ1v) is 6.91. The van der Waals surface area contributed by atoms with Gasteiger partial charge in [-0.25, -0.2) is 0 Å². The Bertz CT molecular complexity index is 936. The van der Waals surface area contributed by atoms with E-state index >= 15 is 0 Å². The molecule has 0 amide bonds. The SMILES string of the molecule is COc1ccc(Cl)cc1-n1c(=S)[nH]c2ccc(C#N)cc21. The highest BCUT2D eigenvalue weighted by Crippen LogP contribution is 2.30. The molecule has 0 saturated carbocycles. The normalized spacial score (nSPS) is 10.5. The molecular formula is C15H10ClN3OS. The molecule has 0 spiro atoms. The number of nitrogens with zero attached hydrogens (tertiary/aromatic N) is 2. The summed E-state index contributed by atoms with van der Waals surface area (Å²) in [7, 11) is 1.59. The molecule has 3 rings (SSSR count). The number of imidazole rings is 1. The molecule has 1 N–H and O–H groups in total. The fraction of sp³-hybridized carbons (Fsp3) is 0.0667. The van der Waals surface area contributed by atoms with E-state index in [1.165, 1.54) is 0 Å². The van der Waals surface area contributed by atoms with Crippen LogP contribution in [-0.2, 0) is 0 Å². The van der Waals surface area contributed by atoms with Crippen LogP contribution >= 0.6 is 23.8 Å². The monoisotopic (exact) mass is 315 g/mol. The average molecular weight is 316 g/mol. The highest BCUT2D eigenvalue weighted by Gasteiger charge is 2.12. The standard InChI is InChI=1S/C15H10ClN3OS/c1-20-14-5-3-10(16)7-13(14)19-12-6-9(8-17)2-4-11(12)18-15(19)21/h2-7H,1H3,(H,18,21). The van der Waals surface area contributed by atoms with Crippen LogP contribution in [0.2, 0.25) is 5.02 Å². The smallest absolute Gasteiger partial charge is 0.182 e. The molecule has 1 aromatic heterocycles. The van der Waals surface area contributed by atoms with Gasteiger partial charge in [-0.2, -0.15) is 5.26 Å². The molecule has 104 valence electrons. The maximum atomic E-state index is 9.07. The quantitative estimate of drug-likeness (QED) is 0.720. The summed E-state index contributed by atoms with van der Waals surface area (Å²) in [6.45, 7) is 0. The van der Waals surface area contributed by atoms with Crippen LogP contribution in [-0.4, -0.2) is 16.7 Å². The molecule has 0 aliphatic carbocycles. The van der Waals surface area contributed by atoms with E-state index in [2.05, 4.69) is 11.1 Å². The number of ether oxygens (including phenoxy) is 1. The number of nitriles is 1. The third-order valence-corrected chi connectivity index (χ3v) is 3.71. The van der Waals surface area contributed by atoms with Gasteiger partial charge in [0.25, 0.3) is 0 Å². The molecule has 0 aliphatic rings. The Morgan fingerprint density at radius 1 is 1.29 bits per heavy atom. The molecule has 0 bridgehead atoms. The van der Waals surface area contributed by atoms with Crippen molar-refractivity contribution in [1.82, 2.24) is 9.55 Å². The lowest BCUT2D eigenvalue weighted by atomic mass is 10.2. The van der Waals surface area contributed by atoms with Gasteiger partial charge < -0.3 is 9.72 Å². The summed E-state index contributed by atoms with van der Waals surface area (Å²) < 4.78 is 7.71. The van der Waals surface area contributed by atoms with Gasteiger partial charge in [0.15, 0.2) is 4.77 Å². The lowest BCUT2D eigenvalue weighted by molar-refractivity contribution is 0.413. The van der Waals surface area contributed by atoms with Gasteiger partial charge in [-0.05, 0) is 48.6 Å². The fourth-order valence-electron chi connectivity index (χ4n) is 2.25. The topological polar surface area (TPSA) is 53.7 Å². The average Bonchev–Trinajstić information content (AvgIpc) is 2.81. The summed E-state index contributed by atoms with van der Waals surface area (Å²) in [6, 6.07) is 12.8. The van der Waals surface area contributed by atoms with E-state index in [9.17, 15) is 0 Å². The Balaban J connectivity index is 2.40. The minimum atomic E-state index is 0.514. The zero-order chi connectivity index (χ0) is 15.0. The van der Waals surface area contributed by atoms with Crippen LogP contribution in [0.1, 0.15) is 5.56 Å². The molecule has 0 aliphatic heterocycles. The number of aromatic nitrogens is 2. The maximum Gasteiger partial charge on any atom is 0.182 e. The van der Waals surface area contributed by atoms with Gasteiger partial charge in [-0.1, -0.05) is 11.6 Å². The lowest BCUT2D eigenvalue weighted by Crippen LogP contribution is -1.98. The molecule has 0 radical (unpaired) electrons. The van der Waals surface area contributed by atoms with Gasteiger partial charge in [0, 0.05) is 5.02 Å². The van der Waals surface area contributed by atoms with E-state index in [0.717, 1.165) is 16.7 Å². The van der Waals surface area contributed by atoms with Crippen LogP contribution in [0.5, 0.6) is 5.75 Å². The molecule has 0 atom stereocenters. The highest BCUT2D eigenvalue weighted by molar-refractivity contribution is 7.71. The van der Waals surface area contributed by atoms with Crippen LogP contribution in [0.4, 0.5) is 0 Å². The van der Waals surface area contributed by atoms with Crippen molar-refractivity contribution in [3.05, 3.63) is 51.8 Å². The molecule has 1 heterocycles. The van der Waals surface area contributed by atoms with E-state index in [1.807, 2.05) is 10.6 Å². The molecule has 2 aromatic carbocycles. The molecule has 4 nitrogen and oxygen atoms in total. The van der Waals surface area contributed by atoms with Gasteiger partial charge in [-0.3, -0.25) is 4.57 Å². The second-order valence-electron chi connectivity index (χ2n) is 4.43. The summed E-state index contributed by atoms with van der Waals surface area (Å²) in [5, 5.41) is 9.65. The number of hydrogen-bond acceptors (Lipinski definition) is 3. The summed E-state index contributed by atoms with van der Waals surface area (Å²) in [6.07, 6.45) is 0. The van der Waals surface area contributed by atoms with Crippen LogP contribution < -0.4 is 4.74 Å². The Morgan fingerprint density at radius 2 is 2.10 bits per heavy atom. The van der Waals surface area contributed by atoms with Crippen molar-refractivity contribution >= 4 is 34.9 Å². The predicted molar refractivity (Wildman–Crippen MR) is 84.7 cm³/mol. The molecule has 6 heteroatoms. The fourth-order valence-corrected chi connectivity index (χ4v) is 2.72. The minimum Gasteiger partial charge on any atom is -0.495 e. The van der Waals surface area contributed by atoms with Gasteiger partial charge in [-0.15, -0.1) is 0 Å². The second-order valence-corrected chi connectivity index (χ2v) is 5.25. The zero-order valence-electron chi connectivity index (χ0n) is 11.1. The first kappa shape index (κ1) is 13.7. The summed E-state index contributed by atoms with van der Waals surface area (Å²) in [5.41, 5.74) is 2.95. The van der Waals surface area contributed by atoms with Gasteiger partial charge in [0.2, 0.25) is 0 Å². The maximum absolute atomic E-state index is 9.07. The molecular weight excluding hydrogens is 306 g/mol. The van der Waals surface area contributed by atoms with Crippen molar-refractivity contribution in [3.63, 3.8) is 0 Å². The first-order valence-electron chi connectivity index (χ1n) is 6.13. The van der Waals surface area contributed by atoms with Crippen LogP contribution in [0.25, 0.3) is 16.7 Å². The van der Waals surface area contributed by atoms with E-state index < -0.39 is 0 Å². The van der Waals surface area contributed by atoms with Crippen molar-refractivity contribution in [2.45, 2.75) is 0 Å². The number of H-pyrrole nitrogens is 1. The number of methoxy groups -OCH3 is 1. The number of fused-ring (bicyclic) bond motifs is 1. The third-order valence-electron chi connectivity index (χ3n) is 3.19. The van der Waals surface area contributed by atoms with Crippen molar-refractivity contribution in [2.75, 3.05) is 7.11 Å².